The van der Waals surface area contributed by atoms with Gasteiger partial charge in [0.2, 0.25) is 0 Å². The van der Waals surface area contributed by atoms with Crippen LogP contribution in [0.3, 0.4) is 0 Å². The molecular formula is C12H13NO. The number of nitrogens with zero attached hydrogens (tertiary/aromatic N) is 1. The topological polar surface area (TPSA) is 40.9 Å². The van der Waals surface area contributed by atoms with E-state index in [4.69, 9.17) is 5.26 Å². The van der Waals surface area contributed by atoms with Crippen molar-refractivity contribution in [3.05, 3.63) is 34.9 Å². The van der Waals surface area contributed by atoms with Gasteiger partial charge in [0.05, 0.1) is 6.07 Å². The van der Waals surface area contributed by atoms with Gasteiger partial charge in [-0.25, -0.2) is 0 Å². The van der Waals surface area contributed by atoms with E-state index in [-0.39, 0.29) is 5.78 Å². The van der Waals surface area contributed by atoms with Crippen LogP contribution in [0.5, 0.6) is 0 Å². The first kappa shape index (κ1) is 10.5. The largest absolute Gasteiger partial charge is 0.298 e. The van der Waals surface area contributed by atoms with Crippen LogP contribution in [-0.4, -0.2) is 5.78 Å². The fourth-order valence-electron chi connectivity index (χ4n) is 1.45. The SMILES string of the molecule is CC(=O)C(C#N)c1cc(C)ccc1C. The predicted octanol–water partition coefficient (Wildman–Crippen LogP) is 2.50. The van der Waals surface area contributed by atoms with Gasteiger partial charge in [0.15, 0.2) is 5.78 Å². The van der Waals surface area contributed by atoms with E-state index < -0.39 is 5.92 Å². The molecule has 0 spiro atoms. The maximum Gasteiger partial charge on any atom is 0.151 e. The van der Waals surface area contributed by atoms with Gasteiger partial charge in [0.25, 0.3) is 0 Å². The molecule has 1 aromatic carbocycles. The van der Waals surface area contributed by atoms with Gasteiger partial charge in [-0.2, -0.15) is 5.26 Å². The quantitative estimate of drug-likeness (QED) is 0.713. The lowest BCUT2D eigenvalue weighted by Crippen LogP contribution is -2.08. The molecule has 0 saturated heterocycles. The normalized spacial score (nSPS) is 11.9. The molecule has 0 aliphatic carbocycles. The van der Waals surface area contributed by atoms with Crippen molar-refractivity contribution in [3.8, 4) is 6.07 Å². The van der Waals surface area contributed by atoms with E-state index in [1.807, 2.05) is 38.1 Å². The van der Waals surface area contributed by atoms with Crippen LogP contribution >= 0.6 is 0 Å². The summed E-state index contributed by atoms with van der Waals surface area (Å²) in [6.45, 7) is 5.33. The van der Waals surface area contributed by atoms with Crippen molar-refractivity contribution in [2.45, 2.75) is 26.7 Å². The number of benzene rings is 1. The summed E-state index contributed by atoms with van der Waals surface area (Å²) >= 11 is 0. The molecule has 72 valence electrons. The van der Waals surface area contributed by atoms with E-state index in [1.165, 1.54) is 6.92 Å². The minimum absolute atomic E-state index is 0.0961. The zero-order valence-corrected chi connectivity index (χ0v) is 8.66. The highest BCUT2D eigenvalue weighted by Gasteiger charge is 2.17. The minimum atomic E-state index is -0.616. The average molecular weight is 187 g/mol. The van der Waals surface area contributed by atoms with E-state index in [1.54, 1.807) is 0 Å². The number of hydrogen-bond donors (Lipinski definition) is 0. The number of aryl methyl sites for hydroxylation is 2. The maximum absolute atomic E-state index is 11.2. The Kier molecular flexibility index (Phi) is 3.03. The molecule has 0 N–H and O–H groups in total. The second kappa shape index (κ2) is 4.06. The Morgan fingerprint density at radius 1 is 1.43 bits per heavy atom. The molecule has 0 aromatic heterocycles. The summed E-state index contributed by atoms with van der Waals surface area (Å²) in [6.07, 6.45) is 0. The summed E-state index contributed by atoms with van der Waals surface area (Å²) < 4.78 is 0. The average Bonchev–Trinajstić information content (AvgIpc) is 2.11. The van der Waals surface area contributed by atoms with E-state index in [2.05, 4.69) is 0 Å². The fraction of sp³-hybridized carbons (Fsp3) is 0.333. The summed E-state index contributed by atoms with van der Waals surface area (Å²) in [6, 6.07) is 7.87. The van der Waals surface area contributed by atoms with Crippen LogP contribution in [0.25, 0.3) is 0 Å². The number of Topliss-reactive ketones (excluding diaryl/α,β-unsaturated/α-hetero) is 1. The van der Waals surface area contributed by atoms with Crippen molar-refractivity contribution in [1.29, 1.82) is 5.26 Å². The fourth-order valence-corrected chi connectivity index (χ4v) is 1.45. The molecule has 0 bridgehead atoms. The Bertz CT molecular complexity index is 401. The lowest BCUT2D eigenvalue weighted by Gasteiger charge is -2.09. The predicted molar refractivity (Wildman–Crippen MR) is 55.0 cm³/mol. The summed E-state index contributed by atoms with van der Waals surface area (Å²) in [4.78, 5) is 11.2. The smallest absolute Gasteiger partial charge is 0.151 e. The molecule has 0 radical (unpaired) electrons. The number of carbonyl (C=O) groups is 1. The molecule has 1 unspecified atom stereocenters. The highest BCUT2D eigenvalue weighted by molar-refractivity contribution is 5.86. The van der Waals surface area contributed by atoms with Gasteiger partial charge in [-0.05, 0) is 31.9 Å². The molecular weight excluding hydrogens is 174 g/mol. The summed E-state index contributed by atoms with van der Waals surface area (Å²) in [5.74, 6) is -0.712. The van der Waals surface area contributed by atoms with Crippen molar-refractivity contribution >= 4 is 5.78 Å². The third-order valence-corrected chi connectivity index (χ3v) is 2.28. The van der Waals surface area contributed by atoms with Crippen molar-refractivity contribution in [1.82, 2.24) is 0 Å². The Morgan fingerprint density at radius 3 is 2.57 bits per heavy atom. The minimum Gasteiger partial charge on any atom is -0.298 e. The second-order valence-electron chi connectivity index (χ2n) is 3.53. The molecule has 0 aliphatic rings. The molecule has 0 heterocycles. The second-order valence-corrected chi connectivity index (χ2v) is 3.53. The van der Waals surface area contributed by atoms with E-state index >= 15 is 0 Å². The van der Waals surface area contributed by atoms with Crippen molar-refractivity contribution in [3.63, 3.8) is 0 Å². The van der Waals surface area contributed by atoms with Crippen LogP contribution in [0.1, 0.15) is 29.5 Å². The van der Waals surface area contributed by atoms with Gasteiger partial charge in [-0.1, -0.05) is 23.8 Å². The highest BCUT2D eigenvalue weighted by Crippen LogP contribution is 2.21. The first-order valence-corrected chi connectivity index (χ1v) is 4.53. The van der Waals surface area contributed by atoms with Crippen LogP contribution in [-0.2, 0) is 4.79 Å². The highest BCUT2D eigenvalue weighted by atomic mass is 16.1. The van der Waals surface area contributed by atoms with Crippen LogP contribution in [0, 0.1) is 25.2 Å². The van der Waals surface area contributed by atoms with Crippen LogP contribution in [0.15, 0.2) is 18.2 Å². The van der Waals surface area contributed by atoms with Crippen molar-refractivity contribution < 1.29 is 4.79 Å². The lowest BCUT2D eigenvalue weighted by atomic mass is 9.92. The first-order valence-electron chi connectivity index (χ1n) is 4.53. The third-order valence-electron chi connectivity index (χ3n) is 2.28. The molecule has 2 nitrogen and oxygen atoms in total. The molecule has 1 atom stereocenters. The lowest BCUT2D eigenvalue weighted by molar-refractivity contribution is -0.117. The third kappa shape index (κ3) is 2.00. The van der Waals surface area contributed by atoms with Gasteiger partial charge in [-0.3, -0.25) is 4.79 Å². The molecule has 0 fully saturated rings. The van der Waals surface area contributed by atoms with Crippen molar-refractivity contribution in [2.24, 2.45) is 0 Å². The maximum atomic E-state index is 11.2. The molecule has 2 heteroatoms. The Balaban J connectivity index is 3.23. The zero-order valence-electron chi connectivity index (χ0n) is 8.66. The van der Waals surface area contributed by atoms with E-state index in [0.717, 1.165) is 16.7 Å². The summed E-state index contributed by atoms with van der Waals surface area (Å²) in [5.41, 5.74) is 2.91. The number of carbonyl (C=O) groups excluding carboxylic acids is 1. The molecule has 1 rings (SSSR count). The Hall–Kier alpha value is -1.62. The molecule has 14 heavy (non-hydrogen) atoms. The van der Waals surface area contributed by atoms with Gasteiger partial charge < -0.3 is 0 Å². The standard InChI is InChI=1S/C12H13NO/c1-8-4-5-9(2)11(6-8)12(7-13)10(3)14/h4-6,12H,1-3H3. The number of ketones is 1. The molecule has 0 aliphatic heterocycles. The van der Waals surface area contributed by atoms with E-state index in [9.17, 15) is 4.79 Å². The monoisotopic (exact) mass is 187 g/mol. The summed E-state index contributed by atoms with van der Waals surface area (Å²) in [7, 11) is 0. The van der Waals surface area contributed by atoms with Gasteiger partial charge in [0, 0.05) is 0 Å². The van der Waals surface area contributed by atoms with Crippen LogP contribution in [0.2, 0.25) is 0 Å². The summed E-state index contributed by atoms with van der Waals surface area (Å²) in [5, 5.41) is 8.89. The Labute approximate surface area is 84.2 Å². The number of rotatable bonds is 2. The molecule has 1 aromatic rings. The molecule has 0 amide bonds. The first-order chi connectivity index (χ1) is 6.56. The molecule has 0 saturated carbocycles. The van der Waals surface area contributed by atoms with Crippen LogP contribution < -0.4 is 0 Å². The number of nitriles is 1. The van der Waals surface area contributed by atoms with E-state index in [0.29, 0.717) is 0 Å². The number of hydrogen-bond acceptors (Lipinski definition) is 2. The Morgan fingerprint density at radius 2 is 2.07 bits per heavy atom. The van der Waals surface area contributed by atoms with Gasteiger partial charge in [-0.15, -0.1) is 0 Å². The zero-order chi connectivity index (χ0) is 10.7. The van der Waals surface area contributed by atoms with Crippen LogP contribution in [0.4, 0.5) is 0 Å². The van der Waals surface area contributed by atoms with Gasteiger partial charge >= 0.3 is 0 Å². The van der Waals surface area contributed by atoms with Crippen molar-refractivity contribution in [2.75, 3.05) is 0 Å². The van der Waals surface area contributed by atoms with Gasteiger partial charge in [0.1, 0.15) is 5.92 Å².